The first-order valence-electron chi connectivity index (χ1n) is 6.02. The van der Waals surface area contributed by atoms with Crippen molar-refractivity contribution in [2.24, 2.45) is 0 Å². The largest absolute Gasteiger partial charge is 0.378 e. The first kappa shape index (κ1) is 14.8. The Morgan fingerprint density at radius 3 is 2.14 bits per heavy atom. The van der Waals surface area contributed by atoms with E-state index in [4.69, 9.17) is 0 Å². The lowest BCUT2D eigenvalue weighted by atomic mass is 10.1. The van der Waals surface area contributed by atoms with Gasteiger partial charge in [0.05, 0.1) is 11.0 Å². The van der Waals surface area contributed by atoms with Crippen molar-refractivity contribution in [2.75, 3.05) is 5.32 Å². The van der Waals surface area contributed by atoms with Crippen LogP contribution in [0.5, 0.6) is 0 Å². The number of anilines is 1. The van der Waals surface area contributed by atoms with E-state index in [1.165, 1.54) is 0 Å². The van der Waals surface area contributed by atoms with E-state index >= 15 is 0 Å². The van der Waals surface area contributed by atoms with Crippen LogP contribution in [0.4, 0.5) is 24.5 Å². The second-order valence-corrected chi connectivity index (χ2v) is 4.52. The van der Waals surface area contributed by atoms with E-state index in [2.05, 4.69) is 5.32 Å². The topological polar surface area (TPSA) is 55.2 Å². The first-order valence-corrected chi connectivity index (χ1v) is 6.02. The predicted octanol–water partition coefficient (Wildman–Crippen LogP) is 4.19. The summed E-state index contributed by atoms with van der Waals surface area (Å²) in [6.07, 6.45) is 0. The summed E-state index contributed by atoms with van der Waals surface area (Å²) < 4.78 is 39.6. The third kappa shape index (κ3) is 3.71. The molecule has 0 fully saturated rings. The van der Waals surface area contributed by atoms with E-state index < -0.39 is 34.1 Å². The number of nitro benzene ring substituents is 1. The van der Waals surface area contributed by atoms with Gasteiger partial charge in [0.1, 0.15) is 17.5 Å². The Morgan fingerprint density at radius 2 is 1.57 bits per heavy atom. The van der Waals surface area contributed by atoms with Gasteiger partial charge in [0.2, 0.25) is 0 Å². The number of hydrogen-bond donors (Lipinski definition) is 1. The maximum Gasteiger partial charge on any atom is 0.274 e. The van der Waals surface area contributed by atoms with Crippen LogP contribution < -0.4 is 5.32 Å². The van der Waals surface area contributed by atoms with Gasteiger partial charge >= 0.3 is 0 Å². The van der Waals surface area contributed by atoms with E-state index in [1.807, 2.05) is 0 Å². The van der Waals surface area contributed by atoms with Crippen LogP contribution in [0.2, 0.25) is 0 Å². The molecule has 0 saturated carbocycles. The molecule has 1 unspecified atom stereocenters. The zero-order valence-electron chi connectivity index (χ0n) is 10.9. The molecular weight excluding hydrogens is 285 g/mol. The molecule has 2 aromatic rings. The van der Waals surface area contributed by atoms with Gasteiger partial charge in [0, 0.05) is 23.9 Å². The van der Waals surface area contributed by atoms with Crippen LogP contribution in [0.1, 0.15) is 18.5 Å². The normalized spacial score (nSPS) is 12.0. The molecule has 0 radical (unpaired) electrons. The molecule has 0 aliphatic heterocycles. The minimum absolute atomic E-state index is 0.152. The number of benzene rings is 2. The number of nitro groups is 1. The first-order chi connectivity index (χ1) is 9.85. The zero-order chi connectivity index (χ0) is 15.6. The summed E-state index contributed by atoms with van der Waals surface area (Å²) in [6.45, 7) is 1.60. The van der Waals surface area contributed by atoms with E-state index in [0.717, 1.165) is 36.4 Å². The van der Waals surface area contributed by atoms with Gasteiger partial charge in [-0.25, -0.2) is 13.2 Å². The lowest BCUT2D eigenvalue weighted by Crippen LogP contribution is -2.08. The molecule has 21 heavy (non-hydrogen) atoms. The van der Waals surface area contributed by atoms with Crippen molar-refractivity contribution in [2.45, 2.75) is 13.0 Å². The van der Waals surface area contributed by atoms with Gasteiger partial charge in [0.15, 0.2) is 0 Å². The fourth-order valence-corrected chi connectivity index (χ4v) is 1.92. The van der Waals surface area contributed by atoms with Crippen LogP contribution in [-0.2, 0) is 0 Å². The third-order valence-corrected chi connectivity index (χ3v) is 2.86. The Bertz CT molecular complexity index is 672. The van der Waals surface area contributed by atoms with Gasteiger partial charge < -0.3 is 5.32 Å². The Labute approximate surface area is 118 Å². The third-order valence-electron chi connectivity index (χ3n) is 2.86. The summed E-state index contributed by atoms with van der Waals surface area (Å²) in [5, 5.41) is 13.4. The highest BCUT2D eigenvalue weighted by atomic mass is 19.1. The lowest BCUT2D eigenvalue weighted by Gasteiger charge is -2.16. The zero-order valence-corrected chi connectivity index (χ0v) is 10.9. The maximum atomic E-state index is 13.3. The summed E-state index contributed by atoms with van der Waals surface area (Å²) in [5.41, 5.74) is 0.0495. The predicted molar refractivity (Wildman–Crippen MR) is 71.5 cm³/mol. The van der Waals surface area contributed by atoms with Gasteiger partial charge in [-0.2, -0.15) is 0 Å². The van der Waals surface area contributed by atoms with Crippen LogP contribution in [0.3, 0.4) is 0 Å². The summed E-state index contributed by atoms with van der Waals surface area (Å²) in [7, 11) is 0. The molecular formula is C14H11F3N2O2. The van der Waals surface area contributed by atoms with Crippen molar-refractivity contribution < 1.29 is 18.1 Å². The number of nitrogens with zero attached hydrogens (tertiary/aromatic N) is 1. The molecule has 1 atom stereocenters. The van der Waals surface area contributed by atoms with Gasteiger partial charge in [-0.15, -0.1) is 0 Å². The number of halogens is 3. The average Bonchev–Trinajstić information content (AvgIpc) is 2.36. The van der Waals surface area contributed by atoms with E-state index in [-0.39, 0.29) is 5.69 Å². The molecule has 0 aromatic heterocycles. The quantitative estimate of drug-likeness (QED) is 0.680. The molecule has 0 saturated heterocycles. The van der Waals surface area contributed by atoms with Crippen molar-refractivity contribution in [1.29, 1.82) is 0 Å². The van der Waals surface area contributed by atoms with E-state index in [9.17, 15) is 23.3 Å². The van der Waals surface area contributed by atoms with Crippen LogP contribution in [0.15, 0.2) is 36.4 Å². The minimum Gasteiger partial charge on any atom is -0.378 e. The molecule has 0 spiro atoms. The Hall–Kier alpha value is -2.57. The summed E-state index contributed by atoms with van der Waals surface area (Å²) in [6, 6.07) is 5.45. The van der Waals surface area contributed by atoms with Gasteiger partial charge in [-0.1, -0.05) is 0 Å². The Kier molecular flexibility index (Phi) is 4.11. The highest BCUT2D eigenvalue weighted by molar-refractivity contribution is 5.52. The molecule has 0 amide bonds. The monoisotopic (exact) mass is 296 g/mol. The average molecular weight is 296 g/mol. The molecule has 0 aliphatic carbocycles. The number of nitrogens with one attached hydrogen (secondary N) is 1. The van der Waals surface area contributed by atoms with Gasteiger partial charge in [-0.05, 0) is 30.7 Å². The second kappa shape index (κ2) is 5.82. The molecule has 4 nitrogen and oxygen atoms in total. The number of non-ortho nitro benzene ring substituents is 1. The standard InChI is InChI=1S/C14H11F3N2O2/c1-8(9-2-10(15)4-11(16)3-9)18-13-5-12(17)6-14(7-13)19(20)21/h2-8,18H,1H3. The van der Waals surface area contributed by atoms with Crippen molar-refractivity contribution >= 4 is 11.4 Å². The summed E-state index contributed by atoms with van der Waals surface area (Å²) in [4.78, 5) is 9.94. The van der Waals surface area contributed by atoms with Crippen molar-refractivity contribution in [3.8, 4) is 0 Å². The highest BCUT2D eigenvalue weighted by Gasteiger charge is 2.13. The molecule has 110 valence electrons. The second-order valence-electron chi connectivity index (χ2n) is 4.52. The lowest BCUT2D eigenvalue weighted by molar-refractivity contribution is -0.385. The Balaban J connectivity index is 2.26. The fraction of sp³-hybridized carbons (Fsp3) is 0.143. The smallest absolute Gasteiger partial charge is 0.274 e. The maximum absolute atomic E-state index is 13.3. The molecule has 2 rings (SSSR count). The van der Waals surface area contributed by atoms with Crippen LogP contribution in [0, 0.1) is 27.6 Å². The van der Waals surface area contributed by atoms with E-state index in [0.29, 0.717) is 5.56 Å². The van der Waals surface area contributed by atoms with Gasteiger partial charge in [0.25, 0.3) is 5.69 Å². The Morgan fingerprint density at radius 1 is 1.00 bits per heavy atom. The summed E-state index contributed by atoms with van der Waals surface area (Å²) >= 11 is 0. The molecule has 0 aliphatic rings. The van der Waals surface area contributed by atoms with Crippen LogP contribution in [-0.4, -0.2) is 4.92 Å². The van der Waals surface area contributed by atoms with Crippen LogP contribution >= 0.6 is 0 Å². The van der Waals surface area contributed by atoms with Crippen LogP contribution in [0.25, 0.3) is 0 Å². The minimum atomic E-state index is -0.774. The fourth-order valence-electron chi connectivity index (χ4n) is 1.92. The molecule has 7 heteroatoms. The highest BCUT2D eigenvalue weighted by Crippen LogP contribution is 2.25. The van der Waals surface area contributed by atoms with E-state index in [1.54, 1.807) is 6.92 Å². The molecule has 0 bridgehead atoms. The van der Waals surface area contributed by atoms with Crippen molar-refractivity contribution in [1.82, 2.24) is 0 Å². The number of hydrogen-bond acceptors (Lipinski definition) is 3. The molecule has 0 heterocycles. The number of rotatable bonds is 4. The summed E-state index contributed by atoms with van der Waals surface area (Å²) in [5.74, 6) is -2.24. The van der Waals surface area contributed by atoms with Crippen molar-refractivity contribution in [3.05, 3.63) is 69.5 Å². The van der Waals surface area contributed by atoms with Gasteiger partial charge in [-0.3, -0.25) is 10.1 Å². The molecule has 2 aromatic carbocycles. The van der Waals surface area contributed by atoms with Crippen molar-refractivity contribution in [3.63, 3.8) is 0 Å². The SMILES string of the molecule is CC(Nc1cc(F)cc([N+](=O)[O-])c1)c1cc(F)cc(F)c1. The molecule has 1 N–H and O–H groups in total.